The van der Waals surface area contributed by atoms with Crippen LogP contribution >= 0.6 is 0 Å². The van der Waals surface area contributed by atoms with E-state index < -0.39 is 8.07 Å². The first-order valence-corrected chi connectivity index (χ1v) is 14.3. The van der Waals surface area contributed by atoms with Crippen molar-refractivity contribution in [3.8, 4) is 0 Å². The molecule has 0 N–H and O–H groups in total. The van der Waals surface area contributed by atoms with Crippen molar-refractivity contribution in [1.29, 1.82) is 0 Å². The monoisotopic (exact) mass is 530 g/mol. The first-order valence-electron chi connectivity index (χ1n) is 11.3. The summed E-state index contributed by atoms with van der Waals surface area (Å²) >= 11 is 0. The van der Waals surface area contributed by atoms with E-state index in [1.165, 1.54) is 31.9 Å². The average Bonchev–Trinajstić information content (AvgIpc) is 3.52. The van der Waals surface area contributed by atoms with Gasteiger partial charge in [0.25, 0.3) is 0 Å². The van der Waals surface area contributed by atoms with Crippen LogP contribution in [-0.4, -0.2) is 8.07 Å². The Morgan fingerprint density at radius 2 is 0.912 bits per heavy atom. The van der Waals surface area contributed by atoms with Crippen molar-refractivity contribution in [2.24, 2.45) is 0 Å². The second-order valence-electron chi connectivity index (χ2n) is 8.53. The quantitative estimate of drug-likeness (QED) is 0.163. The molecule has 6 rings (SSSR count). The van der Waals surface area contributed by atoms with Crippen molar-refractivity contribution >= 4 is 40.0 Å². The summed E-state index contributed by atoms with van der Waals surface area (Å²) in [5.41, 5.74) is 0. The predicted octanol–water partition coefficient (Wildman–Crippen LogP) is 7.22. The first kappa shape index (κ1) is 25.8. The normalized spacial score (nSPS) is 10.4. The number of rotatable bonds is 2. The van der Waals surface area contributed by atoms with Crippen LogP contribution in [0.15, 0.2) is 133 Å². The second-order valence-corrected chi connectivity index (χ2v) is 12.9. The topological polar surface area (TPSA) is 0 Å². The van der Waals surface area contributed by atoms with E-state index in [-0.39, 0.29) is 26.2 Å². The molecule has 0 bridgehead atoms. The Balaban J connectivity index is 0.000000205. The van der Waals surface area contributed by atoms with Crippen LogP contribution in [0.3, 0.4) is 0 Å². The Morgan fingerprint density at radius 1 is 0.529 bits per heavy atom. The molecular weight excluding hydrogens is 504 g/mol. The molecule has 0 aliphatic carbocycles. The SMILES string of the molecule is C[Si](C)(c1cc2ccccc2[cH-]1)c1cc2ccccc2[cH-]1.[Zr+4].[c-]1ccccc1.[c-]1ccccc1. The average molecular weight is 532 g/mol. The van der Waals surface area contributed by atoms with E-state index in [0.717, 1.165) is 0 Å². The van der Waals surface area contributed by atoms with Gasteiger partial charge < -0.3 is 0 Å². The zero-order chi connectivity index (χ0) is 22.9. The third-order valence-electron chi connectivity index (χ3n) is 5.89. The second kappa shape index (κ2) is 12.6. The molecule has 2 heteroatoms. The molecule has 0 amide bonds. The van der Waals surface area contributed by atoms with Gasteiger partial charge in [0.05, 0.1) is 8.07 Å². The maximum atomic E-state index is 2.89. The first-order chi connectivity index (χ1) is 16.1. The van der Waals surface area contributed by atoms with Gasteiger partial charge in [-0.2, -0.15) is 95.7 Å². The van der Waals surface area contributed by atoms with Crippen LogP contribution in [0.5, 0.6) is 0 Å². The number of benzene rings is 4. The van der Waals surface area contributed by atoms with Crippen LogP contribution in [-0.2, 0) is 26.2 Å². The summed E-state index contributed by atoms with van der Waals surface area (Å²) in [6, 6.07) is 51.9. The van der Waals surface area contributed by atoms with Crippen molar-refractivity contribution < 1.29 is 26.2 Å². The van der Waals surface area contributed by atoms with Crippen LogP contribution in [0.25, 0.3) is 21.5 Å². The minimum absolute atomic E-state index is 0. The summed E-state index contributed by atoms with van der Waals surface area (Å²) in [5, 5.41) is 8.51. The Morgan fingerprint density at radius 3 is 1.21 bits per heavy atom. The molecular formula is C32H28SiZr. The third kappa shape index (κ3) is 6.63. The van der Waals surface area contributed by atoms with E-state index >= 15 is 0 Å². The van der Waals surface area contributed by atoms with E-state index in [0.29, 0.717) is 0 Å². The molecule has 6 aromatic rings. The smallest absolute Gasteiger partial charge is 0.184 e. The van der Waals surface area contributed by atoms with Crippen molar-refractivity contribution in [2.75, 3.05) is 0 Å². The van der Waals surface area contributed by atoms with Crippen LogP contribution in [0, 0.1) is 12.1 Å². The standard InChI is InChI=1S/C20H18Si.2C6H5.Zr/c1-21(2,19-11-15-7-3-4-8-16(15)12-19)20-13-17-9-5-6-10-18(17)14-20;2*1-2-4-6-5-3-1;/h3-14H,1-2H3;2*1-5H;/q-2;2*-1;+4. The molecule has 0 saturated carbocycles. The Labute approximate surface area is 223 Å². The maximum Gasteiger partial charge on any atom is 4.00 e. The number of fused-ring (bicyclic) bond motifs is 2. The van der Waals surface area contributed by atoms with Crippen molar-refractivity contribution in [2.45, 2.75) is 13.1 Å². The minimum Gasteiger partial charge on any atom is -0.184 e. The van der Waals surface area contributed by atoms with E-state index in [1.54, 1.807) is 0 Å². The zero-order valence-electron chi connectivity index (χ0n) is 19.7. The van der Waals surface area contributed by atoms with Gasteiger partial charge in [0.1, 0.15) is 0 Å². The Bertz CT molecular complexity index is 1150. The molecule has 6 aromatic carbocycles. The van der Waals surface area contributed by atoms with Gasteiger partial charge in [-0.3, -0.25) is 0 Å². The fourth-order valence-corrected chi connectivity index (χ4v) is 6.27. The van der Waals surface area contributed by atoms with Gasteiger partial charge in [0.2, 0.25) is 0 Å². The third-order valence-corrected chi connectivity index (χ3v) is 9.36. The molecule has 0 heterocycles. The van der Waals surface area contributed by atoms with Crippen LogP contribution < -0.4 is 10.4 Å². The van der Waals surface area contributed by atoms with Crippen LogP contribution in [0.1, 0.15) is 0 Å². The van der Waals surface area contributed by atoms with Crippen LogP contribution in [0.2, 0.25) is 13.1 Å². The van der Waals surface area contributed by atoms with E-state index in [2.05, 4.69) is 98.0 Å². The summed E-state index contributed by atoms with van der Waals surface area (Å²) in [6.07, 6.45) is 0. The molecule has 0 saturated heterocycles. The van der Waals surface area contributed by atoms with Crippen LogP contribution in [0.4, 0.5) is 0 Å². The van der Waals surface area contributed by atoms with Crippen molar-refractivity contribution in [3.63, 3.8) is 0 Å². The van der Waals surface area contributed by atoms with Gasteiger partial charge in [-0.05, 0) is 0 Å². The van der Waals surface area contributed by atoms with E-state index in [1.807, 2.05) is 60.7 Å². The summed E-state index contributed by atoms with van der Waals surface area (Å²) in [6.45, 7) is 4.91. The van der Waals surface area contributed by atoms with Crippen molar-refractivity contribution in [1.82, 2.24) is 0 Å². The molecule has 164 valence electrons. The van der Waals surface area contributed by atoms with E-state index in [9.17, 15) is 0 Å². The van der Waals surface area contributed by atoms with Gasteiger partial charge in [-0.1, -0.05) is 25.2 Å². The molecule has 0 aliphatic heterocycles. The fraction of sp³-hybridized carbons (Fsp3) is 0.0625. The minimum atomic E-state index is -1.62. The Hall–Kier alpha value is -2.80. The van der Waals surface area contributed by atoms with Gasteiger partial charge >= 0.3 is 26.2 Å². The number of hydrogen-bond donors (Lipinski definition) is 0. The van der Waals surface area contributed by atoms with Gasteiger partial charge in [-0.15, -0.1) is 69.7 Å². The number of hydrogen-bond acceptors (Lipinski definition) is 0. The molecule has 0 aliphatic rings. The van der Waals surface area contributed by atoms with Gasteiger partial charge in [-0.25, -0.2) is 0 Å². The largest absolute Gasteiger partial charge is 4.00 e. The molecule has 34 heavy (non-hydrogen) atoms. The van der Waals surface area contributed by atoms with Gasteiger partial charge in [0.15, 0.2) is 0 Å². The van der Waals surface area contributed by atoms with Gasteiger partial charge in [0, 0.05) is 0 Å². The molecule has 0 aromatic heterocycles. The Kier molecular flexibility index (Phi) is 9.57. The summed E-state index contributed by atoms with van der Waals surface area (Å²) in [4.78, 5) is 0. The summed E-state index contributed by atoms with van der Waals surface area (Å²) < 4.78 is 0. The predicted molar refractivity (Wildman–Crippen MR) is 146 cm³/mol. The summed E-state index contributed by atoms with van der Waals surface area (Å²) in [7, 11) is -1.62. The molecule has 0 nitrogen and oxygen atoms in total. The maximum absolute atomic E-state index is 2.89. The molecule has 0 atom stereocenters. The van der Waals surface area contributed by atoms with E-state index in [4.69, 9.17) is 0 Å². The summed E-state index contributed by atoms with van der Waals surface area (Å²) in [5.74, 6) is 0. The molecule has 0 fully saturated rings. The molecule has 0 radical (unpaired) electrons. The fourth-order valence-electron chi connectivity index (χ4n) is 3.87. The van der Waals surface area contributed by atoms with Crippen molar-refractivity contribution in [3.05, 3.63) is 146 Å². The molecule has 0 spiro atoms. The zero-order valence-corrected chi connectivity index (χ0v) is 23.2. The molecule has 0 unspecified atom stereocenters.